The summed E-state index contributed by atoms with van der Waals surface area (Å²) in [6.45, 7) is -0.129. The zero-order valence-corrected chi connectivity index (χ0v) is 7.30. The van der Waals surface area contributed by atoms with E-state index in [0.717, 1.165) is 0 Å². The van der Waals surface area contributed by atoms with Crippen LogP contribution in [0.15, 0.2) is 24.3 Å². The van der Waals surface area contributed by atoms with Gasteiger partial charge in [-0.3, -0.25) is 4.79 Å². The summed E-state index contributed by atoms with van der Waals surface area (Å²) in [5.74, 6) is -4.20. The molecule has 2 rings (SSSR count). The van der Waals surface area contributed by atoms with Crippen LogP contribution in [-0.2, 0) is 0 Å². The molecular weight excluding hydrogens is 190 g/mol. The molecular formula is C10H8F2O2. The molecule has 1 aliphatic heterocycles. The van der Waals surface area contributed by atoms with E-state index in [1.165, 1.54) is 12.1 Å². The number of hydrogen-bond donors (Lipinski definition) is 0. The molecule has 0 N–H and O–H groups in total. The van der Waals surface area contributed by atoms with E-state index < -0.39 is 18.1 Å². The van der Waals surface area contributed by atoms with E-state index in [0.29, 0.717) is 0 Å². The summed E-state index contributed by atoms with van der Waals surface area (Å²) in [6.07, 6.45) is -0.555. The topological polar surface area (TPSA) is 26.3 Å². The summed E-state index contributed by atoms with van der Waals surface area (Å²) in [7, 11) is 0. The molecule has 0 atom stereocenters. The maximum Gasteiger partial charge on any atom is 0.313 e. The zero-order chi connectivity index (χ0) is 10.2. The molecule has 1 aromatic carbocycles. The summed E-state index contributed by atoms with van der Waals surface area (Å²) >= 11 is 0. The standard InChI is InChI=1S/C10H8F2O2/c11-10(12)5-6-14-8-4-2-1-3-7(8)9(10)13/h1-4H,5-6H2. The monoisotopic (exact) mass is 198 g/mol. The average Bonchev–Trinajstić information content (AvgIpc) is 2.27. The smallest absolute Gasteiger partial charge is 0.313 e. The number of hydrogen-bond acceptors (Lipinski definition) is 2. The Balaban J connectivity index is 2.51. The number of Topliss-reactive ketones (excluding diaryl/α,β-unsaturated/α-hetero) is 1. The van der Waals surface area contributed by atoms with Crippen molar-refractivity contribution in [1.29, 1.82) is 0 Å². The van der Waals surface area contributed by atoms with Crippen LogP contribution in [0.1, 0.15) is 16.8 Å². The van der Waals surface area contributed by atoms with Crippen LogP contribution in [0.5, 0.6) is 5.75 Å². The predicted octanol–water partition coefficient (Wildman–Crippen LogP) is 2.29. The first kappa shape index (κ1) is 9.12. The quantitative estimate of drug-likeness (QED) is 0.639. The first-order valence-electron chi connectivity index (χ1n) is 4.26. The van der Waals surface area contributed by atoms with E-state index >= 15 is 0 Å². The molecule has 0 radical (unpaired) electrons. The molecule has 0 saturated carbocycles. The maximum atomic E-state index is 13.1. The Morgan fingerprint density at radius 3 is 2.79 bits per heavy atom. The lowest BCUT2D eigenvalue weighted by atomic mass is 10.0. The maximum absolute atomic E-state index is 13.1. The molecule has 0 bridgehead atoms. The van der Waals surface area contributed by atoms with Gasteiger partial charge in [-0.2, -0.15) is 8.78 Å². The van der Waals surface area contributed by atoms with E-state index in [2.05, 4.69) is 0 Å². The molecule has 0 amide bonds. The predicted molar refractivity (Wildman–Crippen MR) is 45.8 cm³/mol. The molecule has 74 valence electrons. The van der Waals surface area contributed by atoms with Crippen molar-refractivity contribution in [2.75, 3.05) is 6.61 Å². The van der Waals surface area contributed by atoms with Crippen LogP contribution in [0, 0.1) is 0 Å². The van der Waals surface area contributed by atoms with Crippen molar-refractivity contribution >= 4 is 5.78 Å². The first-order valence-corrected chi connectivity index (χ1v) is 4.26. The van der Waals surface area contributed by atoms with Crippen LogP contribution >= 0.6 is 0 Å². The number of halogens is 2. The molecule has 0 aliphatic carbocycles. The van der Waals surface area contributed by atoms with Gasteiger partial charge in [0.05, 0.1) is 18.6 Å². The number of benzene rings is 1. The molecule has 4 heteroatoms. The van der Waals surface area contributed by atoms with Crippen LogP contribution in [0.25, 0.3) is 0 Å². The first-order chi connectivity index (χ1) is 6.61. The lowest BCUT2D eigenvalue weighted by Gasteiger charge is -2.09. The van der Waals surface area contributed by atoms with Gasteiger partial charge in [0, 0.05) is 0 Å². The van der Waals surface area contributed by atoms with Gasteiger partial charge in [0.1, 0.15) is 5.75 Å². The Labute approximate surface area is 79.5 Å². The van der Waals surface area contributed by atoms with E-state index in [1.807, 2.05) is 0 Å². The van der Waals surface area contributed by atoms with Crippen molar-refractivity contribution in [3.63, 3.8) is 0 Å². The number of ketones is 1. The van der Waals surface area contributed by atoms with E-state index in [-0.39, 0.29) is 17.9 Å². The fraction of sp³-hybridized carbons (Fsp3) is 0.300. The Morgan fingerprint density at radius 2 is 2.00 bits per heavy atom. The van der Waals surface area contributed by atoms with E-state index in [4.69, 9.17) is 4.74 Å². The highest BCUT2D eigenvalue weighted by molar-refractivity contribution is 6.03. The second kappa shape index (κ2) is 3.04. The number of para-hydroxylation sites is 1. The molecule has 0 saturated heterocycles. The number of alkyl halides is 2. The van der Waals surface area contributed by atoms with Gasteiger partial charge in [-0.1, -0.05) is 12.1 Å². The minimum atomic E-state index is -3.30. The van der Waals surface area contributed by atoms with Gasteiger partial charge in [0.15, 0.2) is 0 Å². The summed E-state index contributed by atoms with van der Waals surface area (Å²) in [5, 5.41) is 0. The van der Waals surface area contributed by atoms with Crippen LogP contribution in [-0.4, -0.2) is 18.3 Å². The minimum Gasteiger partial charge on any atom is -0.493 e. The number of carbonyl (C=O) groups is 1. The lowest BCUT2D eigenvalue weighted by molar-refractivity contribution is 0.00138. The Hall–Kier alpha value is -1.45. The average molecular weight is 198 g/mol. The van der Waals surface area contributed by atoms with E-state index in [1.54, 1.807) is 12.1 Å². The Bertz CT molecular complexity index is 374. The third kappa shape index (κ3) is 1.36. The van der Waals surface area contributed by atoms with E-state index in [9.17, 15) is 13.6 Å². The molecule has 0 aromatic heterocycles. The summed E-state index contributed by atoms with van der Waals surface area (Å²) in [4.78, 5) is 11.3. The molecule has 0 fully saturated rings. The largest absolute Gasteiger partial charge is 0.493 e. The van der Waals surface area contributed by atoms with Gasteiger partial charge < -0.3 is 4.74 Å². The Kier molecular flexibility index (Phi) is 1.98. The van der Waals surface area contributed by atoms with Crippen molar-refractivity contribution in [3.05, 3.63) is 29.8 Å². The molecule has 0 unspecified atom stereocenters. The van der Waals surface area contributed by atoms with Crippen molar-refractivity contribution < 1.29 is 18.3 Å². The van der Waals surface area contributed by atoms with Crippen LogP contribution in [0.3, 0.4) is 0 Å². The molecule has 2 nitrogen and oxygen atoms in total. The van der Waals surface area contributed by atoms with Gasteiger partial charge in [0.2, 0.25) is 5.78 Å². The Morgan fingerprint density at radius 1 is 1.29 bits per heavy atom. The molecule has 1 heterocycles. The number of fused-ring (bicyclic) bond motifs is 1. The second-order valence-corrected chi connectivity index (χ2v) is 3.13. The van der Waals surface area contributed by atoms with Gasteiger partial charge in [-0.25, -0.2) is 0 Å². The third-order valence-corrected chi connectivity index (χ3v) is 2.14. The van der Waals surface area contributed by atoms with Crippen molar-refractivity contribution in [2.24, 2.45) is 0 Å². The molecule has 14 heavy (non-hydrogen) atoms. The van der Waals surface area contributed by atoms with Gasteiger partial charge in [-0.15, -0.1) is 0 Å². The normalized spacial score (nSPS) is 19.4. The summed E-state index contributed by atoms with van der Waals surface area (Å²) < 4.78 is 31.3. The highest BCUT2D eigenvalue weighted by Gasteiger charge is 2.42. The number of rotatable bonds is 0. The minimum absolute atomic E-state index is 0.0324. The van der Waals surface area contributed by atoms with Crippen molar-refractivity contribution in [2.45, 2.75) is 12.3 Å². The van der Waals surface area contributed by atoms with Crippen molar-refractivity contribution in [1.82, 2.24) is 0 Å². The fourth-order valence-corrected chi connectivity index (χ4v) is 1.38. The summed E-state index contributed by atoms with van der Waals surface area (Å²) in [5.41, 5.74) is -0.0324. The SMILES string of the molecule is O=C1c2ccccc2OCCC1(F)F. The number of carbonyl (C=O) groups excluding carboxylic acids is 1. The zero-order valence-electron chi connectivity index (χ0n) is 7.30. The van der Waals surface area contributed by atoms with Gasteiger partial charge >= 0.3 is 5.92 Å². The lowest BCUT2D eigenvalue weighted by Crippen LogP contribution is -2.28. The third-order valence-electron chi connectivity index (χ3n) is 2.14. The van der Waals surface area contributed by atoms with Crippen molar-refractivity contribution in [3.8, 4) is 5.75 Å². The second-order valence-electron chi connectivity index (χ2n) is 3.13. The highest BCUT2D eigenvalue weighted by Crippen LogP contribution is 2.32. The fourth-order valence-electron chi connectivity index (χ4n) is 1.38. The van der Waals surface area contributed by atoms with Gasteiger partial charge in [-0.05, 0) is 12.1 Å². The molecule has 0 spiro atoms. The molecule has 1 aliphatic rings. The highest BCUT2D eigenvalue weighted by atomic mass is 19.3. The number of ether oxygens (including phenoxy) is 1. The summed E-state index contributed by atoms with van der Waals surface area (Å²) in [6, 6.07) is 6.07. The van der Waals surface area contributed by atoms with Crippen LogP contribution in [0.4, 0.5) is 8.78 Å². The van der Waals surface area contributed by atoms with Crippen LogP contribution in [0.2, 0.25) is 0 Å². The van der Waals surface area contributed by atoms with Gasteiger partial charge in [0.25, 0.3) is 0 Å². The van der Waals surface area contributed by atoms with Crippen LogP contribution < -0.4 is 4.74 Å². The molecule has 1 aromatic rings.